The van der Waals surface area contributed by atoms with E-state index < -0.39 is 0 Å². The van der Waals surface area contributed by atoms with Crippen LogP contribution < -0.4 is 17.0 Å². The molecule has 100 valence electrons. The number of rotatable bonds is 2. The molecule has 19 heavy (non-hydrogen) atoms. The molecule has 2 aromatic carbocycles. The second kappa shape index (κ2) is 5.48. The van der Waals surface area contributed by atoms with Crippen LogP contribution in [0.4, 0.5) is 0 Å². The highest BCUT2D eigenvalue weighted by molar-refractivity contribution is 5.29. The summed E-state index contributed by atoms with van der Waals surface area (Å²) < 4.78 is 1.10. The summed E-state index contributed by atoms with van der Waals surface area (Å²) >= 11 is 0. The summed E-state index contributed by atoms with van der Waals surface area (Å²) in [4.78, 5) is 0. The standard InChI is InChI=1S/C17H20N.BrH/c1-14-7-3-4-8-15(14)11-18(2)12-16-9-5-6-10-17(16)13-18;/h3-10H,11-13H2,1-2H3;1H/q+1;/p-1. The maximum Gasteiger partial charge on any atom is 0.105 e. The summed E-state index contributed by atoms with van der Waals surface area (Å²) in [5.41, 5.74) is 5.93. The molecule has 2 heteroatoms. The first-order valence-electron chi connectivity index (χ1n) is 6.61. The highest BCUT2D eigenvalue weighted by Crippen LogP contribution is 2.30. The Morgan fingerprint density at radius 1 is 0.895 bits per heavy atom. The van der Waals surface area contributed by atoms with Gasteiger partial charge in [0.15, 0.2) is 0 Å². The van der Waals surface area contributed by atoms with E-state index in [4.69, 9.17) is 0 Å². The van der Waals surface area contributed by atoms with Crippen molar-refractivity contribution in [1.82, 2.24) is 0 Å². The second-order valence-corrected chi connectivity index (χ2v) is 5.79. The lowest BCUT2D eigenvalue weighted by molar-refractivity contribution is -0.941. The molecule has 0 aliphatic carbocycles. The van der Waals surface area contributed by atoms with Crippen LogP contribution in [0.1, 0.15) is 22.3 Å². The first kappa shape index (κ1) is 14.3. The first-order chi connectivity index (χ1) is 8.66. The third-order valence-corrected chi connectivity index (χ3v) is 4.04. The van der Waals surface area contributed by atoms with Gasteiger partial charge in [-0.25, -0.2) is 0 Å². The molecular weight excluding hydrogens is 298 g/mol. The number of benzene rings is 2. The summed E-state index contributed by atoms with van der Waals surface area (Å²) in [6, 6.07) is 17.6. The Bertz CT molecular complexity index is 552. The Hall–Kier alpha value is -1.12. The SMILES string of the molecule is Cc1ccccc1C[N+]1(C)Cc2ccccc2C1.[Br-]. The number of halogens is 1. The van der Waals surface area contributed by atoms with E-state index in [-0.39, 0.29) is 17.0 Å². The van der Waals surface area contributed by atoms with Crippen LogP contribution >= 0.6 is 0 Å². The van der Waals surface area contributed by atoms with Gasteiger partial charge < -0.3 is 21.5 Å². The van der Waals surface area contributed by atoms with Gasteiger partial charge in [-0.1, -0.05) is 48.5 Å². The van der Waals surface area contributed by atoms with Crippen molar-refractivity contribution in [2.75, 3.05) is 7.05 Å². The predicted octanol–water partition coefficient (Wildman–Crippen LogP) is 0.659. The molecule has 0 bridgehead atoms. The minimum absolute atomic E-state index is 0. The molecule has 0 aromatic heterocycles. The number of quaternary nitrogens is 1. The number of aryl methyl sites for hydroxylation is 1. The average Bonchev–Trinajstić information content (AvgIpc) is 2.68. The summed E-state index contributed by atoms with van der Waals surface area (Å²) in [5.74, 6) is 0. The summed E-state index contributed by atoms with van der Waals surface area (Å²) in [6.45, 7) is 5.65. The summed E-state index contributed by atoms with van der Waals surface area (Å²) in [7, 11) is 2.37. The monoisotopic (exact) mass is 317 g/mol. The van der Waals surface area contributed by atoms with E-state index in [2.05, 4.69) is 62.5 Å². The van der Waals surface area contributed by atoms with E-state index >= 15 is 0 Å². The van der Waals surface area contributed by atoms with Gasteiger partial charge in [0, 0.05) is 16.7 Å². The van der Waals surface area contributed by atoms with Gasteiger partial charge in [0.1, 0.15) is 19.6 Å². The number of hydrogen-bond donors (Lipinski definition) is 0. The summed E-state index contributed by atoms with van der Waals surface area (Å²) in [6.07, 6.45) is 0. The van der Waals surface area contributed by atoms with Gasteiger partial charge in [-0.3, -0.25) is 0 Å². The van der Waals surface area contributed by atoms with E-state index in [0.29, 0.717) is 0 Å². The van der Waals surface area contributed by atoms with E-state index in [1.807, 2.05) is 0 Å². The van der Waals surface area contributed by atoms with Crippen LogP contribution in [0.25, 0.3) is 0 Å². The van der Waals surface area contributed by atoms with Crippen molar-refractivity contribution in [2.45, 2.75) is 26.6 Å². The molecule has 1 heterocycles. The molecule has 3 rings (SSSR count). The fraction of sp³-hybridized carbons (Fsp3) is 0.294. The minimum atomic E-state index is 0. The van der Waals surface area contributed by atoms with Gasteiger partial charge in [0.05, 0.1) is 7.05 Å². The molecule has 0 radical (unpaired) electrons. The number of nitrogens with zero attached hydrogens (tertiary/aromatic N) is 1. The maximum absolute atomic E-state index is 2.37. The average molecular weight is 318 g/mol. The molecule has 1 aliphatic rings. The molecule has 1 nitrogen and oxygen atoms in total. The lowest BCUT2D eigenvalue weighted by Gasteiger charge is -2.30. The van der Waals surface area contributed by atoms with E-state index in [1.54, 1.807) is 0 Å². The zero-order valence-electron chi connectivity index (χ0n) is 11.6. The van der Waals surface area contributed by atoms with Gasteiger partial charge in [-0.15, -0.1) is 0 Å². The molecule has 0 spiro atoms. The van der Waals surface area contributed by atoms with Gasteiger partial charge >= 0.3 is 0 Å². The molecule has 0 atom stereocenters. The van der Waals surface area contributed by atoms with Crippen LogP contribution in [0.3, 0.4) is 0 Å². The lowest BCUT2D eigenvalue weighted by Crippen LogP contribution is -3.00. The van der Waals surface area contributed by atoms with Crippen LogP contribution in [0.2, 0.25) is 0 Å². The van der Waals surface area contributed by atoms with Crippen molar-refractivity contribution < 1.29 is 21.5 Å². The Balaban J connectivity index is 0.00000133. The zero-order valence-corrected chi connectivity index (χ0v) is 13.2. The molecule has 1 aliphatic heterocycles. The Kier molecular flexibility index (Phi) is 4.12. The van der Waals surface area contributed by atoms with Gasteiger partial charge in [0.2, 0.25) is 0 Å². The third kappa shape index (κ3) is 2.90. The molecule has 0 unspecified atom stereocenters. The summed E-state index contributed by atoms with van der Waals surface area (Å²) in [5, 5.41) is 0. The lowest BCUT2D eigenvalue weighted by atomic mass is 10.1. The normalized spacial score (nSPS) is 15.7. The molecule has 0 fully saturated rings. The Morgan fingerprint density at radius 2 is 1.42 bits per heavy atom. The predicted molar refractivity (Wildman–Crippen MR) is 74.9 cm³/mol. The van der Waals surface area contributed by atoms with Crippen LogP contribution in [0.15, 0.2) is 48.5 Å². The minimum Gasteiger partial charge on any atom is -1.00 e. The van der Waals surface area contributed by atoms with E-state index in [1.165, 1.54) is 22.3 Å². The molecule has 2 aromatic rings. The fourth-order valence-electron chi connectivity index (χ4n) is 3.05. The van der Waals surface area contributed by atoms with Crippen LogP contribution in [-0.4, -0.2) is 11.5 Å². The van der Waals surface area contributed by atoms with E-state index in [9.17, 15) is 0 Å². The van der Waals surface area contributed by atoms with Crippen molar-refractivity contribution >= 4 is 0 Å². The maximum atomic E-state index is 2.37. The molecule has 0 amide bonds. The van der Waals surface area contributed by atoms with Crippen molar-refractivity contribution in [2.24, 2.45) is 0 Å². The number of hydrogen-bond acceptors (Lipinski definition) is 0. The van der Waals surface area contributed by atoms with Gasteiger partial charge in [0.25, 0.3) is 0 Å². The van der Waals surface area contributed by atoms with Crippen molar-refractivity contribution in [3.63, 3.8) is 0 Å². The fourth-order valence-corrected chi connectivity index (χ4v) is 3.05. The highest BCUT2D eigenvalue weighted by atomic mass is 79.9. The second-order valence-electron chi connectivity index (χ2n) is 5.79. The molecular formula is C17H20BrN. The molecule has 0 N–H and O–H groups in total. The van der Waals surface area contributed by atoms with E-state index in [0.717, 1.165) is 24.1 Å². The quantitative estimate of drug-likeness (QED) is 0.714. The van der Waals surface area contributed by atoms with Crippen LogP contribution in [0, 0.1) is 6.92 Å². The van der Waals surface area contributed by atoms with Gasteiger partial charge in [-0.2, -0.15) is 0 Å². The molecule has 0 saturated heterocycles. The third-order valence-electron chi connectivity index (χ3n) is 4.04. The molecule has 0 saturated carbocycles. The smallest absolute Gasteiger partial charge is 0.105 e. The zero-order chi connectivity index (χ0) is 12.6. The Labute approximate surface area is 126 Å². The Morgan fingerprint density at radius 3 is 2.00 bits per heavy atom. The van der Waals surface area contributed by atoms with Crippen LogP contribution in [0.5, 0.6) is 0 Å². The van der Waals surface area contributed by atoms with Crippen molar-refractivity contribution in [1.29, 1.82) is 0 Å². The van der Waals surface area contributed by atoms with Crippen molar-refractivity contribution in [3.05, 3.63) is 70.8 Å². The topological polar surface area (TPSA) is 0 Å². The van der Waals surface area contributed by atoms with Crippen molar-refractivity contribution in [3.8, 4) is 0 Å². The highest BCUT2D eigenvalue weighted by Gasteiger charge is 2.31. The first-order valence-corrected chi connectivity index (χ1v) is 6.61. The van der Waals surface area contributed by atoms with Crippen LogP contribution in [-0.2, 0) is 19.6 Å². The largest absolute Gasteiger partial charge is 1.00 e. The number of fused-ring (bicyclic) bond motifs is 1. The van der Waals surface area contributed by atoms with Gasteiger partial charge in [-0.05, 0) is 12.5 Å².